The Morgan fingerprint density at radius 3 is 2.89 bits per heavy atom. The van der Waals surface area contributed by atoms with Gasteiger partial charge in [0, 0.05) is 18.0 Å². The second-order valence-corrected chi connectivity index (χ2v) is 5.13. The molecule has 2 aromatic heterocycles. The molecular formula is C12H17N5S. The van der Waals surface area contributed by atoms with Gasteiger partial charge >= 0.3 is 0 Å². The van der Waals surface area contributed by atoms with E-state index in [1.807, 2.05) is 30.6 Å². The van der Waals surface area contributed by atoms with Crippen LogP contribution in [0.4, 0.5) is 5.82 Å². The number of thiazole rings is 1. The zero-order valence-electron chi connectivity index (χ0n) is 10.6. The molecule has 0 saturated carbocycles. The van der Waals surface area contributed by atoms with Crippen molar-refractivity contribution in [2.24, 2.45) is 5.84 Å². The molecule has 18 heavy (non-hydrogen) atoms. The Labute approximate surface area is 111 Å². The maximum atomic E-state index is 5.35. The number of nitrogens with zero attached hydrogens (tertiary/aromatic N) is 3. The van der Waals surface area contributed by atoms with Crippen LogP contribution in [-0.4, -0.2) is 21.9 Å². The topological polar surface area (TPSA) is 67.1 Å². The van der Waals surface area contributed by atoms with E-state index in [2.05, 4.69) is 27.3 Å². The van der Waals surface area contributed by atoms with Crippen LogP contribution >= 0.6 is 11.3 Å². The van der Waals surface area contributed by atoms with E-state index in [4.69, 9.17) is 5.84 Å². The zero-order valence-corrected chi connectivity index (χ0v) is 11.4. The van der Waals surface area contributed by atoms with Crippen LogP contribution in [-0.2, 0) is 13.1 Å². The second-order valence-electron chi connectivity index (χ2n) is 4.19. The lowest BCUT2D eigenvalue weighted by Gasteiger charge is -2.15. The number of aromatic nitrogens is 2. The highest BCUT2D eigenvalue weighted by Crippen LogP contribution is 2.15. The van der Waals surface area contributed by atoms with E-state index in [9.17, 15) is 0 Å². The molecule has 0 aromatic carbocycles. The quantitative estimate of drug-likeness (QED) is 0.635. The highest BCUT2D eigenvalue weighted by Gasteiger charge is 2.07. The molecular weight excluding hydrogens is 246 g/mol. The molecule has 0 bridgehead atoms. The summed E-state index contributed by atoms with van der Waals surface area (Å²) < 4.78 is 0. The van der Waals surface area contributed by atoms with Crippen molar-refractivity contribution in [3.05, 3.63) is 40.0 Å². The van der Waals surface area contributed by atoms with Crippen LogP contribution in [0.5, 0.6) is 0 Å². The van der Waals surface area contributed by atoms with Gasteiger partial charge in [0.1, 0.15) is 5.82 Å². The van der Waals surface area contributed by atoms with Crippen LogP contribution in [0.25, 0.3) is 0 Å². The molecule has 0 aliphatic heterocycles. The summed E-state index contributed by atoms with van der Waals surface area (Å²) in [6.07, 6.45) is 0. The summed E-state index contributed by atoms with van der Waals surface area (Å²) in [4.78, 5) is 12.2. The smallest absolute Gasteiger partial charge is 0.140 e. The average Bonchev–Trinajstić information content (AvgIpc) is 2.75. The van der Waals surface area contributed by atoms with Gasteiger partial charge in [0.15, 0.2) is 0 Å². The van der Waals surface area contributed by atoms with E-state index in [0.717, 1.165) is 24.5 Å². The van der Waals surface area contributed by atoms with Crippen molar-refractivity contribution in [2.45, 2.75) is 20.0 Å². The molecule has 3 N–H and O–H groups in total. The van der Waals surface area contributed by atoms with Gasteiger partial charge in [-0.25, -0.2) is 15.8 Å². The minimum atomic E-state index is 0.690. The van der Waals surface area contributed by atoms with Gasteiger partial charge in [-0.2, -0.15) is 0 Å². The lowest BCUT2D eigenvalue weighted by molar-refractivity contribution is 0.317. The van der Waals surface area contributed by atoms with Crippen molar-refractivity contribution in [3.8, 4) is 0 Å². The number of nitrogen functional groups attached to an aromatic ring is 1. The Morgan fingerprint density at radius 1 is 1.39 bits per heavy atom. The predicted molar refractivity (Wildman–Crippen MR) is 74.1 cm³/mol. The average molecular weight is 263 g/mol. The fourth-order valence-electron chi connectivity index (χ4n) is 1.70. The van der Waals surface area contributed by atoms with Crippen LogP contribution < -0.4 is 11.3 Å². The molecule has 0 spiro atoms. The Kier molecular flexibility index (Phi) is 4.24. The lowest BCUT2D eigenvalue weighted by atomic mass is 10.3. The largest absolute Gasteiger partial charge is 0.308 e. The number of hydrogen-bond donors (Lipinski definition) is 2. The summed E-state index contributed by atoms with van der Waals surface area (Å²) in [6, 6.07) is 5.79. The number of nitrogens with two attached hydrogens (primary N) is 1. The molecule has 0 unspecified atom stereocenters. The molecule has 5 nitrogen and oxygen atoms in total. The fraction of sp³-hybridized carbons (Fsp3) is 0.333. The number of nitrogens with one attached hydrogen (secondary N) is 1. The molecule has 2 aromatic rings. The molecule has 2 heterocycles. The molecule has 0 aliphatic rings. The third kappa shape index (κ3) is 3.25. The third-order valence-electron chi connectivity index (χ3n) is 2.64. The molecule has 0 radical (unpaired) electrons. The number of anilines is 1. The first-order valence-electron chi connectivity index (χ1n) is 5.69. The third-order valence-corrected chi connectivity index (χ3v) is 3.56. The second kappa shape index (κ2) is 5.90. The van der Waals surface area contributed by atoms with Gasteiger partial charge in [-0.1, -0.05) is 6.07 Å². The number of hydrazine groups is 1. The highest BCUT2D eigenvalue weighted by atomic mass is 32.1. The Hall–Kier alpha value is -1.50. The number of pyridine rings is 1. The van der Waals surface area contributed by atoms with Crippen molar-refractivity contribution in [1.82, 2.24) is 14.9 Å². The minimum absolute atomic E-state index is 0.690. The molecule has 0 atom stereocenters. The van der Waals surface area contributed by atoms with Crippen molar-refractivity contribution in [2.75, 3.05) is 12.5 Å². The molecule has 96 valence electrons. The van der Waals surface area contributed by atoms with Crippen LogP contribution in [0.1, 0.15) is 16.3 Å². The molecule has 6 heteroatoms. The van der Waals surface area contributed by atoms with Crippen LogP contribution in [0.15, 0.2) is 23.7 Å². The van der Waals surface area contributed by atoms with Gasteiger partial charge in [0.05, 0.1) is 16.9 Å². The van der Waals surface area contributed by atoms with E-state index < -0.39 is 0 Å². The standard InChI is InChI=1S/C12H17N5S/c1-9-11(18-8-14-9)7-17(2)6-10-4-3-5-12(15-10)16-13/h3-5,8H,6-7,13H2,1-2H3,(H,15,16). The van der Waals surface area contributed by atoms with E-state index >= 15 is 0 Å². The Morgan fingerprint density at radius 2 is 2.22 bits per heavy atom. The monoisotopic (exact) mass is 263 g/mol. The SMILES string of the molecule is Cc1ncsc1CN(C)Cc1cccc(NN)n1. The van der Waals surface area contributed by atoms with Gasteiger partial charge in [-0.15, -0.1) is 11.3 Å². The number of aryl methyl sites for hydroxylation is 1. The summed E-state index contributed by atoms with van der Waals surface area (Å²) in [5.74, 6) is 6.04. The molecule has 2 rings (SSSR count). The van der Waals surface area contributed by atoms with Gasteiger partial charge in [0.25, 0.3) is 0 Å². The van der Waals surface area contributed by atoms with Crippen molar-refractivity contribution < 1.29 is 0 Å². The number of hydrogen-bond acceptors (Lipinski definition) is 6. The Balaban J connectivity index is 1.98. The van der Waals surface area contributed by atoms with E-state index in [1.54, 1.807) is 11.3 Å². The summed E-state index contributed by atoms with van der Waals surface area (Å²) in [5.41, 5.74) is 6.55. The van der Waals surface area contributed by atoms with E-state index in [-0.39, 0.29) is 0 Å². The van der Waals surface area contributed by atoms with E-state index in [1.165, 1.54) is 4.88 Å². The lowest BCUT2D eigenvalue weighted by Crippen LogP contribution is -2.18. The first-order valence-corrected chi connectivity index (χ1v) is 6.57. The van der Waals surface area contributed by atoms with Gasteiger partial charge < -0.3 is 5.43 Å². The summed E-state index contributed by atoms with van der Waals surface area (Å²) >= 11 is 1.69. The molecule has 0 saturated heterocycles. The molecule has 0 amide bonds. The van der Waals surface area contributed by atoms with Crippen LogP contribution in [0.3, 0.4) is 0 Å². The molecule has 0 fully saturated rings. The summed E-state index contributed by atoms with van der Waals surface area (Å²) in [5, 5.41) is 0. The van der Waals surface area contributed by atoms with E-state index in [0.29, 0.717) is 5.82 Å². The van der Waals surface area contributed by atoms with Crippen molar-refractivity contribution in [1.29, 1.82) is 0 Å². The first-order chi connectivity index (χ1) is 8.69. The van der Waals surface area contributed by atoms with Crippen molar-refractivity contribution in [3.63, 3.8) is 0 Å². The first kappa shape index (κ1) is 12.9. The number of rotatable bonds is 5. The fourth-order valence-corrected chi connectivity index (χ4v) is 2.56. The Bertz CT molecular complexity index is 511. The van der Waals surface area contributed by atoms with Gasteiger partial charge in [0.2, 0.25) is 0 Å². The minimum Gasteiger partial charge on any atom is -0.308 e. The van der Waals surface area contributed by atoms with Crippen LogP contribution in [0.2, 0.25) is 0 Å². The highest BCUT2D eigenvalue weighted by molar-refractivity contribution is 7.09. The predicted octanol–water partition coefficient (Wildman–Crippen LogP) is 1.76. The normalized spacial score (nSPS) is 10.9. The van der Waals surface area contributed by atoms with Gasteiger partial charge in [-0.05, 0) is 26.1 Å². The van der Waals surface area contributed by atoms with Gasteiger partial charge in [-0.3, -0.25) is 4.90 Å². The maximum absolute atomic E-state index is 5.35. The summed E-state index contributed by atoms with van der Waals surface area (Å²) in [7, 11) is 2.07. The van der Waals surface area contributed by atoms with Crippen molar-refractivity contribution >= 4 is 17.2 Å². The maximum Gasteiger partial charge on any atom is 0.140 e. The molecule has 0 aliphatic carbocycles. The van der Waals surface area contributed by atoms with Crippen LogP contribution in [0, 0.1) is 6.92 Å². The zero-order chi connectivity index (χ0) is 13.0. The summed E-state index contributed by atoms with van der Waals surface area (Å²) in [6.45, 7) is 3.71.